The lowest BCUT2D eigenvalue weighted by Gasteiger charge is -2.31. The molecule has 1 fully saturated rings. The topological polar surface area (TPSA) is 44.4 Å². The smallest absolute Gasteiger partial charge is 0.233 e. The Kier molecular flexibility index (Phi) is 5.65. The zero-order chi connectivity index (χ0) is 11.1. The van der Waals surface area contributed by atoms with Crippen LogP contribution >= 0.6 is 0 Å². The normalized spacial score (nSPS) is 19.1. The molecule has 0 aromatic carbocycles. The van der Waals surface area contributed by atoms with Crippen molar-refractivity contribution in [3.63, 3.8) is 0 Å². The molecule has 0 aromatic rings. The van der Waals surface area contributed by atoms with E-state index in [0.717, 1.165) is 25.6 Å². The van der Waals surface area contributed by atoms with Gasteiger partial charge in [0.1, 0.15) is 0 Å². The molecular weight excluding hydrogens is 190 g/mol. The van der Waals surface area contributed by atoms with Gasteiger partial charge in [-0.1, -0.05) is 0 Å². The average Bonchev–Trinajstić information content (AvgIpc) is 2.28. The van der Waals surface area contributed by atoms with Crippen molar-refractivity contribution < 1.29 is 4.79 Å². The molecule has 1 aliphatic heterocycles. The predicted octanol–water partition coefficient (Wildman–Crippen LogP) is 0.0539. The van der Waals surface area contributed by atoms with Gasteiger partial charge in [-0.05, 0) is 51.9 Å². The van der Waals surface area contributed by atoms with Crippen LogP contribution in [-0.2, 0) is 4.79 Å². The van der Waals surface area contributed by atoms with Crippen molar-refractivity contribution in [3.8, 4) is 0 Å². The zero-order valence-electron chi connectivity index (χ0n) is 9.88. The maximum absolute atomic E-state index is 11.2. The minimum atomic E-state index is 0.128. The Bertz CT molecular complexity index is 188. The van der Waals surface area contributed by atoms with E-state index < -0.39 is 0 Å². The highest BCUT2D eigenvalue weighted by Gasteiger charge is 2.19. The Morgan fingerprint density at radius 1 is 1.33 bits per heavy atom. The van der Waals surface area contributed by atoms with Crippen molar-refractivity contribution in [2.45, 2.75) is 19.3 Å². The maximum Gasteiger partial charge on any atom is 0.233 e. The van der Waals surface area contributed by atoms with Crippen LogP contribution in [0.1, 0.15) is 19.3 Å². The van der Waals surface area contributed by atoms with E-state index in [9.17, 15) is 4.79 Å². The first-order chi connectivity index (χ1) is 7.26. The number of nitrogens with one attached hydrogen (secondary N) is 2. The number of nitrogens with zero attached hydrogens (tertiary/aromatic N) is 1. The number of hydrogen-bond acceptors (Lipinski definition) is 3. The van der Waals surface area contributed by atoms with Crippen molar-refractivity contribution >= 4 is 5.91 Å². The number of rotatable bonds is 5. The van der Waals surface area contributed by atoms with Crippen molar-refractivity contribution in [1.29, 1.82) is 0 Å². The molecule has 0 unspecified atom stereocenters. The van der Waals surface area contributed by atoms with Crippen LogP contribution in [0.5, 0.6) is 0 Å². The third-order valence-electron chi connectivity index (χ3n) is 3.16. The Morgan fingerprint density at radius 2 is 2.00 bits per heavy atom. The number of hydrogen-bond donors (Lipinski definition) is 2. The second-order valence-electron chi connectivity index (χ2n) is 4.28. The zero-order valence-corrected chi connectivity index (χ0v) is 9.88. The molecule has 1 saturated heterocycles. The maximum atomic E-state index is 11.2. The first kappa shape index (κ1) is 12.5. The number of likely N-dealkylation sites (N-methyl/N-ethyl adjacent to an activating group) is 1. The fourth-order valence-corrected chi connectivity index (χ4v) is 2.06. The lowest BCUT2D eigenvalue weighted by Crippen LogP contribution is -2.40. The van der Waals surface area contributed by atoms with Gasteiger partial charge in [-0.3, -0.25) is 9.69 Å². The third-order valence-corrected chi connectivity index (χ3v) is 3.16. The molecule has 1 aliphatic rings. The lowest BCUT2D eigenvalue weighted by atomic mass is 9.93. The minimum absolute atomic E-state index is 0.128. The summed E-state index contributed by atoms with van der Waals surface area (Å²) in [6.07, 6.45) is 3.74. The quantitative estimate of drug-likeness (QED) is 0.678. The largest absolute Gasteiger partial charge is 0.358 e. The van der Waals surface area contributed by atoms with Crippen molar-refractivity contribution in [2.75, 3.05) is 40.3 Å². The van der Waals surface area contributed by atoms with E-state index in [1.165, 1.54) is 19.3 Å². The Hall–Kier alpha value is -0.610. The second-order valence-corrected chi connectivity index (χ2v) is 4.28. The highest BCUT2D eigenvalue weighted by molar-refractivity contribution is 5.77. The summed E-state index contributed by atoms with van der Waals surface area (Å²) in [5.74, 6) is 0.974. The van der Waals surface area contributed by atoms with E-state index in [4.69, 9.17) is 0 Å². The molecule has 2 N–H and O–H groups in total. The molecule has 0 spiro atoms. The summed E-state index contributed by atoms with van der Waals surface area (Å²) >= 11 is 0. The van der Waals surface area contributed by atoms with E-state index in [0.29, 0.717) is 6.54 Å². The van der Waals surface area contributed by atoms with Gasteiger partial charge in [0.05, 0.1) is 6.54 Å². The van der Waals surface area contributed by atoms with E-state index in [-0.39, 0.29) is 5.91 Å². The van der Waals surface area contributed by atoms with Gasteiger partial charge in [0.25, 0.3) is 0 Å². The monoisotopic (exact) mass is 213 g/mol. The van der Waals surface area contributed by atoms with E-state index in [1.807, 2.05) is 7.05 Å². The van der Waals surface area contributed by atoms with Crippen molar-refractivity contribution in [2.24, 2.45) is 5.92 Å². The SMILES string of the molecule is CNCCC1CCN(CC(=O)NC)CC1. The van der Waals surface area contributed by atoms with Crippen LogP contribution in [0.4, 0.5) is 0 Å². The minimum Gasteiger partial charge on any atom is -0.358 e. The van der Waals surface area contributed by atoms with Gasteiger partial charge >= 0.3 is 0 Å². The molecule has 1 rings (SSSR count). The van der Waals surface area contributed by atoms with Crippen LogP contribution in [0.25, 0.3) is 0 Å². The molecule has 4 nitrogen and oxygen atoms in total. The van der Waals surface area contributed by atoms with Crippen LogP contribution in [0.15, 0.2) is 0 Å². The summed E-state index contributed by atoms with van der Waals surface area (Å²) in [5.41, 5.74) is 0. The van der Waals surface area contributed by atoms with E-state index >= 15 is 0 Å². The van der Waals surface area contributed by atoms with Gasteiger partial charge in [-0.15, -0.1) is 0 Å². The third kappa shape index (κ3) is 4.62. The van der Waals surface area contributed by atoms with E-state index in [2.05, 4.69) is 15.5 Å². The van der Waals surface area contributed by atoms with Crippen molar-refractivity contribution in [3.05, 3.63) is 0 Å². The number of carbonyl (C=O) groups is 1. The first-order valence-corrected chi connectivity index (χ1v) is 5.83. The van der Waals surface area contributed by atoms with Crippen LogP contribution in [-0.4, -0.2) is 51.1 Å². The molecule has 0 bridgehead atoms. The standard InChI is InChI=1S/C11H23N3O/c1-12-6-3-10-4-7-14(8-5-10)9-11(15)13-2/h10,12H,3-9H2,1-2H3,(H,13,15). The molecule has 1 amide bonds. The summed E-state index contributed by atoms with van der Waals surface area (Å²) in [4.78, 5) is 13.4. The van der Waals surface area contributed by atoms with Gasteiger partial charge in [-0.25, -0.2) is 0 Å². The fraction of sp³-hybridized carbons (Fsp3) is 0.909. The number of piperidine rings is 1. The Balaban J connectivity index is 2.15. The summed E-state index contributed by atoms with van der Waals surface area (Å²) < 4.78 is 0. The van der Waals surface area contributed by atoms with Crippen LogP contribution in [0, 0.1) is 5.92 Å². The molecule has 88 valence electrons. The Labute approximate surface area is 92.4 Å². The van der Waals surface area contributed by atoms with Gasteiger partial charge in [-0.2, -0.15) is 0 Å². The molecular formula is C11H23N3O. The summed E-state index contributed by atoms with van der Waals surface area (Å²) in [6, 6.07) is 0. The molecule has 0 aliphatic carbocycles. The summed E-state index contributed by atoms with van der Waals surface area (Å²) in [6.45, 7) is 3.82. The van der Waals surface area contributed by atoms with Crippen LogP contribution < -0.4 is 10.6 Å². The molecule has 0 aromatic heterocycles. The van der Waals surface area contributed by atoms with Gasteiger partial charge < -0.3 is 10.6 Å². The van der Waals surface area contributed by atoms with Crippen LogP contribution in [0.3, 0.4) is 0 Å². The molecule has 15 heavy (non-hydrogen) atoms. The highest BCUT2D eigenvalue weighted by atomic mass is 16.1. The summed E-state index contributed by atoms with van der Waals surface area (Å²) in [5, 5.41) is 5.86. The molecule has 1 heterocycles. The summed E-state index contributed by atoms with van der Waals surface area (Å²) in [7, 11) is 3.70. The molecule has 0 atom stereocenters. The van der Waals surface area contributed by atoms with Crippen LogP contribution in [0.2, 0.25) is 0 Å². The van der Waals surface area contributed by atoms with Gasteiger partial charge in [0, 0.05) is 7.05 Å². The first-order valence-electron chi connectivity index (χ1n) is 5.83. The molecule has 4 heteroatoms. The number of carbonyl (C=O) groups excluding carboxylic acids is 1. The molecule has 0 saturated carbocycles. The number of likely N-dealkylation sites (tertiary alicyclic amines) is 1. The molecule has 0 radical (unpaired) electrons. The highest BCUT2D eigenvalue weighted by Crippen LogP contribution is 2.19. The second kappa shape index (κ2) is 6.80. The average molecular weight is 213 g/mol. The number of amides is 1. The Morgan fingerprint density at radius 3 is 2.53 bits per heavy atom. The van der Waals surface area contributed by atoms with Gasteiger partial charge in [0.15, 0.2) is 0 Å². The van der Waals surface area contributed by atoms with Crippen molar-refractivity contribution in [1.82, 2.24) is 15.5 Å². The fourth-order valence-electron chi connectivity index (χ4n) is 2.06. The van der Waals surface area contributed by atoms with Gasteiger partial charge in [0.2, 0.25) is 5.91 Å². The lowest BCUT2D eigenvalue weighted by molar-refractivity contribution is -0.122. The predicted molar refractivity (Wildman–Crippen MR) is 61.8 cm³/mol. The van der Waals surface area contributed by atoms with E-state index in [1.54, 1.807) is 7.05 Å².